The van der Waals surface area contributed by atoms with Gasteiger partial charge in [0.15, 0.2) is 0 Å². The third kappa shape index (κ3) is 3.67. The largest absolute Gasteiger partial charge is 0.477 e. The molecule has 0 aliphatic carbocycles. The van der Waals surface area contributed by atoms with Crippen LogP contribution in [0.1, 0.15) is 45.4 Å². The van der Waals surface area contributed by atoms with E-state index in [1.807, 2.05) is 10.8 Å². The summed E-state index contributed by atoms with van der Waals surface area (Å²) in [6.07, 6.45) is 9.24. The summed E-state index contributed by atoms with van der Waals surface area (Å²) in [5.74, 6) is 0.731. The molecule has 0 aliphatic heterocycles. The number of hydrogen-bond acceptors (Lipinski definition) is 4. The van der Waals surface area contributed by atoms with Crippen LogP contribution in [-0.2, 0) is 0 Å². The molecule has 3 nitrogen and oxygen atoms in total. The Morgan fingerprint density at radius 2 is 1.89 bits per heavy atom. The van der Waals surface area contributed by atoms with Gasteiger partial charge in [-0.3, -0.25) is 0 Å². The summed E-state index contributed by atoms with van der Waals surface area (Å²) in [5, 5.41) is 5.11. The molecule has 0 saturated heterocycles. The monoisotopic (exact) mass is 264 g/mol. The maximum Gasteiger partial charge on any atom is 0.225 e. The fourth-order valence-corrected chi connectivity index (χ4v) is 2.67. The third-order valence-electron chi connectivity index (χ3n) is 2.98. The second-order valence-electron chi connectivity index (χ2n) is 4.47. The highest BCUT2D eigenvalue weighted by atomic mass is 32.1. The van der Waals surface area contributed by atoms with Gasteiger partial charge in [-0.2, -0.15) is 0 Å². The lowest BCUT2D eigenvalue weighted by Gasteiger charge is -2.05. The van der Waals surface area contributed by atoms with Crippen molar-refractivity contribution in [2.45, 2.75) is 45.4 Å². The fourth-order valence-electron chi connectivity index (χ4n) is 1.93. The molecule has 0 spiro atoms. The van der Waals surface area contributed by atoms with Gasteiger partial charge >= 0.3 is 0 Å². The summed E-state index contributed by atoms with van der Waals surface area (Å²) in [6.45, 7) is 3.00. The van der Waals surface area contributed by atoms with Crippen molar-refractivity contribution in [3.8, 4) is 5.88 Å². The minimum atomic E-state index is 0.731. The minimum absolute atomic E-state index is 0.731. The van der Waals surface area contributed by atoms with Crippen molar-refractivity contribution in [2.24, 2.45) is 0 Å². The Bertz CT molecular complexity index is 470. The Kier molecular flexibility index (Phi) is 5.39. The van der Waals surface area contributed by atoms with Crippen LogP contribution >= 0.6 is 11.3 Å². The summed E-state index contributed by atoms with van der Waals surface area (Å²) < 4.78 is 5.74. The van der Waals surface area contributed by atoms with Crippen LogP contribution in [0.25, 0.3) is 10.9 Å². The van der Waals surface area contributed by atoms with E-state index in [4.69, 9.17) is 4.74 Å². The summed E-state index contributed by atoms with van der Waals surface area (Å²) in [4.78, 5) is 8.40. The van der Waals surface area contributed by atoms with Crippen LogP contribution in [0.15, 0.2) is 17.1 Å². The fraction of sp³-hybridized carbons (Fsp3) is 0.571. The summed E-state index contributed by atoms with van der Waals surface area (Å²) in [7, 11) is 0. The van der Waals surface area contributed by atoms with E-state index in [1.54, 1.807) is 17.7 Å². The molecule has 0 N–H and O–H groups in total. The van der Waals surface area contributed by atoms with E-state index in [1.165, 1.54) is 32.1 Å². The average molecular weight is 264 g/mol. The number of ether oxygens (including phenoxy) is 1. The molecule has 0 bridgehead atoms. The molecule has 0 amide bonds. The van der Waals surface area contributed by atoms with Crippen LogP contribution in [0.4, 0.5) is 0 Å². The zero-order valence-corrected chi connectivity index (χ0v) is 11.7. The molecule has 2 aromatic heterocycles. The molecule has 2 aromatic rings. The molecule has 18 heavy (non-hydrogen) atoms. The Labute approximate surface area is 112 Å². The molecule has 4 heteroatoms. The number of unbranched alkanes of at least 4 members (excludes halogenated alkanes) is 5. The van der Waals surface area contributed by atoms with Gasteiger partial charge in [0, 0.05) is 10.8 Å². The average Bonchev–Trinajstić information content (AvgIpc) is 2.86. The number of fused-ring (bicyclic) bond motifs is 1. The molecule has 0 saturated carbocycles. The van der Waals surface area contributed by atoms with Crippen LogP contribution in [0.3, 0.4) is 0 Å². The standard InChI is InChI=1S/C14H20N2OS/c1-2-3-4-5-6-7-8-17-14-12-9-18-10-13(12)15-11-16-14/h9-11H,2-8H2,1H3. The highest BCUT2D eigenvalue weighted by Crippen LogP contribution is 2.24. The highest BCUT2D eigenvalue weighted by molar-refractivity contribution is 7.09. The normalized spacial score (nSPS) is 10.9. The van der Waals surface area contributed by atoms with Crippen molar-refractivity contribution < 1.29 is 4.74 Å². The van der Waals surface area contributed by atoms with Crippen molar-refractivity contribution >= 4 is 22.2 Å². The molecule has 98 valence electrons. The van der Waals surface area contributed by atoms with E-state index in [0.717, 1.165) is 29.8 Å². The molecular weight excluding hydrogens is 244 g/mol. The predicted molar refractivity (Wildman–Crippen MR) is 76.3 cm³/mol. The molecular formula is C14H20N2OS. The van der Waals surface area contributed by atoms with Gasteiger partial charge in [0.25, 0.3) is 0 Å². The van der Waals surface area contributed by atoms with E-state index in [2.05, 4.69) is 16.9 Å². The van der Waals surface area contributed by atoms with E-state index in [0.29, 0.717) is 0 Å². The van der Waals surface area contributed by atoms with Crippen molar-refractivity contribution in [1.82, 2.24) is 9.97 Å². The zero-order chi connectivity index (χ0) is 12.6. The summed E-state index contributed by atoms with van der Waals surface area (Å²) in [6, 6.07) is 0. The van der Waals surface area contributed by atoms with Gasteiger partial charge in [-0.05, 0) is 6.42 Å². The second kappa shape index (κ2) is 7.31. The minimum Gasteiger partial charge on any atom is -0.477 e. The van der Waals surface area contributed by atoms with Crippen molar-refractivity contribution in [3.63, 3.8) is 0 Å². The molecule has 0 aliphatic rings. The van der Waals surface area contributed by atoms with Gasteiger partial charge in [-0.25, -0.2) is 9.97 Å². The maximum atomic E-state index is 5.74. The van der Waals surface area contributed by atoms with Crippen molar-refractivity contribution in [2.75, 3.05) is 6.61 Å². The van der Waals surface area contributed by atoms with Gasteiger partial charge in [0.1, 0.15) is 6.33 Å². The number of rotatable bonds is 8. The first-order valence-electron chi connectivity index (χ1n) is 6.71. The molecule has 0 atom stereocenters. The van der Waals surface area contributed by atoms with Crippen LogP contribution in [0, 0.1) is 0 Å². The van der Waals surface area contributed by atoms with Crippen LogP contribution in [0.5, 0.6) is 5.88 Å². The molecule has 2 heterocycles. The van der Waals surface area contributed by atoms with Gasteiger partial charge in [-0.1, -0.05) is 39.0 Å². The van der Waals surface area contributed by atoms with Gasteiger partial charge in [0.2, 0.25) is 5.88 Å². The van der Waals surface area contributed by atoms with E-state index in [-0.39, 0.29) is 0 Å². The van der Waals surface area contributed by atoms with Crippen molar-refractivity contribution in [1.29, 1.82) is 0 Å². The Balaban J connectivity index is 1.72. The molecule has 0 unspecified atom stereocenters. The lowest BCUT2D eigenvalue weighted by molar-refractivity contribution is 0.296. The van der Waals surface area contributed by atoms with Crippen molar-refractivity contribution in [3.05, 3.63) is 17.1 Å². The lowest BCUT2D eigenvalue weighted by atomic mass is 10.1. The van der Waals surface area contributed by atoms with Crippen LogP contribution < -0.4 is 4.74 Å². The topological polar surface area (TPSA) is 35.0 Å². The SMILES string of the molecule is CCCCCCCCOc1ncnc2cscc12. The first kappa shape index (κ1) is 13.3. The van der Waals surface area contributed by atoms with Crippen LogP contribution in [-0.4, -0.2) is 16.6 Å². The predicted octanol–water partition coefficient (Wildman–Crippen LogP) is 4.43. The lowest BCUT2D eigenvalue weighted by Crippen LogP contribution is -1.99. The van der Waals surface area contributed by atoms with E-state index >= 15 is 0 Å². The molecule has 2 rings (SSSR count). The van der Waals surface area contributed by atoms with E-state index < -0.39 is 0 Å². The quantitative estimate of drug-likeness (QED) is 0.661. The highest BCUT2D eigenvalue weighted by Gasteiger charge is 2.04. The smallest absolute Gasteiger partial charge is 0.225 e. The van der Waals surface area contributed by atoms with Gasteiger partial charge in [-0.15, -0.1) is 11.3 Å². The Morgan fingerprint density at radius 1 is 1.06 bits per heavy atom. The Hall–Kier alpha value is -1.16. The molecule has 0 fully saturated rings. The molecule has 0 radical (unpaired) electrons. The van der Waals surface area contributed by atoms with E-state index in [9.17, 15) is 0 Å². The van der Waals surface area contributed by atoms with Gasteiger partial charge in [0.05, 0.1) is 17.5 Å². The first-order valence-corrected chi connectivity index (χ1v) is 7.66. The summed E-state index contributed by atoms with van der Waals surface area (Å²) in [5.41, 5.74) is 0.980. The first-order chi connectivity index (χ1) is 8.92. The number of thiophene rings is 1. The summed E-state index contributed by atoms with van der Waals surface area (Å²) >= 11 is 1.64. The second-order valence-corrected chi connectivity index (χ2v) is 5.21. The van der Waals surface area contributed by atoms with Gasteiger partial charge < -0.3 is 4.74 Å². The van der Waals surface area contributed by atoms with Crippen LogP contribution in [0.2, 0.25) is 0 Å². The zero-order valence-electron chi connectivity index (χ0n) is 10.9. The maximum absolute atomic E-state index is 5.74. The number of nitrogens with zero attached hydrogens (tertiary/aromatic N) is 2. The third-order valence-corrected chi connectivity index (χ3v) is 3.71. The number of aromatic nitrogens is 2. The Morgan fingerprint density at radius 3 is 2.78 bits per heavy atom. The molecule has 0 aromatic carbocycles. The number of hydrogen-bond donors (Lipinski definition) is 0.